The minimum Gasteiger partial charge on any atom is -0.466 e. The predicted octanol–water partition coefficient (Wildman–Crippen LogP) is -0.212. The number of ether oxygens (including phenoxy) is 1. The maximum atomic E-state index is 11.4. The van der Waals surface area contributed by atoms with Crippen LogP contribution < -0.4 is 11.2 Å². The Kier molecular flexibility index (Phi) is 4.98. The summed E-state index contributed by atoms with van der Waals surface area (Å²) in [5, 5.41) is 10.5. The smallest absolute Gasteiger partial charge is 0.350 e. The molecule has 9 heteroatoms. The van der Waals surface area contributed by atoms with Gasteiger partial charge in [-0.1, -0.05) is 0 Å². The second kappa shape index (κ2) is 6.47. The van der Waals surface area contributed by atoms with Gasteiger partial charge in [-0.15, -0.1) is 0 Å². The number of carbonyl (C=O) groups excluding carboxylic acids is 1. The molecule has 0 aliphatic heterocycles. The molecule has 0 aliphatic carbocycles. The first-order chi connectivity index (χ1) is 8.95. The summed E-state index contributed by atoms with van der Waals surface area (Å²) >= 11 is 0. The Bertz CT molecular complexity index is 588. The average Bonchev–Trinajstić information content (AvgIpc) is 2.31. The van der Waals surface area contributed by atoms with E-state index in [1.54, 1.807) is 6.92 Å². The Labute approximate surface area is 107 Å². The molecular formula is C10H13N3O6. The lowest BCUT2D eigenvalue weighted by molar-refractivity contribution is -0.386. The second-order valence-electron chi connectivity index (χ2n) is 3.63. The largest absolute Gasteiger partial charge is 0.466 e. The molecule has 0 bridgehead atoms. The van der Waals surface area contributed by atoms with E-state index in [1.807, 2.05) is 4.98 Å². The van der Waals surface area contributed by atoms with Crippen LogP contribution in [0.1, 0.15) is 19.8 Å². The van der Waals surface area contributed by atoms with Crippen LogP contribution in [0.5, 0.6) is 0 Å². The Morgan fingerprint density at radius 3 is 2.79 bits per heavy atom. The van der Waals surface area contributed by atoms with Gasteiger partial charge in [-0.25, -0.2) is 4.79 Å². The summed E-state index contributed by atoms with van der Waals surface area (Å²) in [6.45, 7) is 2.02. The van der Waals surface area contributed by atoms with Crippen LogP contribution in [0.2, 0.25) is 0 Å². The van der Waals surface area contributed by atoms with Crippen LogP contribution in [-0.4, -0.2) is 27.1 Å². The fourth-order valence-corrected chi connectivity index (χ4v) is 1.42. The highest BCUT2D eigenvalue weighted by Crippen LogP contribution is 2.01. The van der Waals surface area contributed by atoms with Gasteiger partial charge in [-0.2, -0.15) is 0 Å². The zero-order valence-corrected chi connectivity index (χ0v) is 10.2. The van der Waals surface area contributed by atoms with E-state index in [0.717, 1.165) is 10.8 Å². The Hall–Kier alpha value is -2.45. The number of carbonyl (C=O) groups is 1. The minimum absolute atomic E-state index is 0.0786. The quantitative estimate of drug-likeness (QED) is 0.433. The number of aromatic amines is 1. The molecule has 0 aliphatic rings. The number of hydrogen-bond acceptors (Lipinski definition) is 6. The van der Waals surface area contributed by atoms with Crippen LogP contribution in [0.4, 0.5) is 5.69 Å². The lowest BCUT2D eigenvalue weighted by atomic mass is 10.3. The molecule has 1 rings (SSSR count). The van der Waals surface area contributed by atoms with E-state index in [9.17, 15) is 24.5 Å². The summed E-state index contributed by atoms with van der Waals surface area (Å²) in [6.07, 6.45) is 1.24. The number of esters is 1. The highest BCUT2D eigenvalue weighted by Gasteiger charge is 2.14. The molecule has 1 aromatic rings. The van der Waals surface area contributed by atoms with Crippen LogP contribution in [-0.2, 0) is 16.1 Å². The van der Waals surface area contributed by atoms with Crippen molar-refractivity contribution in [1.29, 1.82) is 0 Å². The zero-order chi connectivity index (χ0) is 14.4. The molecule has 0 saturated heterocycles. The van der Waals surface area contributed by atoms with Gasteiger partial charge in [0, 0.05) is 13.0 Å². The van der Waals surface area contributed by atoms with Crippen molar-refractivity contribution in [2.24, 2.45) is 0 Å². The minimum atomic E-state index is -1.04. The van der Waals surface area contributed by atoms with E-state index < -0.39 is 27.8 Å². The molecular weight excluding hydrogens is 258 g/mol. The molecule has 9 nitrogen and oxygen atoms in total. The van der Waals surface area contributed by atoms with Crippen molar-refractivity contribution >= 4 is 11.7 Å². The van der Waals surface area contributed by atoms with Crippen LogP contribution in [0.3, 0.4) is 0 Å². The highest BCUT2D eigenvalue weighted by atomic mass is 16.6. The molecule has 19 heavy (non-hydrogen) atoms. The van der Waals surface area contributed by atoms with E-state index in [1.165, 1.54) is 0 Å². The normalized spacial score (nSPS) is 10.2. The Morgan fingerprint density at radius 2 is 2.21 bits per heavy atom. The fourth-order valence-electron chi connectivity index (χ4n) is 1.42. The molecule has 0 atom stereocenters. The number of nitrogens with zero attached hydrogens (tertiary/aromatic N) is 2. The molecule has 1 heterocycles. The first kappa shape index (κ1) is 14.6. The summed E-state index contributed by atoms with van der Waals surface area (Å²) in [6, 6.07) is 0. The second-order valence-corrected chi connectivity index (χ2v) is 3.63. The number of rotatable bonds is 6. The molecule has 1 N–H and O–H groups in total. The lowest BCUT2D eigenvalue weighted by Gasteiger charge is -2.04. The summed E-state index contributed by atoms with van der Waals surface area (Å²) in [7, 11) is 0. The third-order valence-electron chi connectivity index (χ3n) is 2.27. The molecule has 0 spiro atoms. The van der Waals surface area contributed by atoms with Gasteiger partial charge in [0.05, 0.1) is 17.7 Å². The first-order valence-corrected chi connectivity index (χ1v) is 5.59. The fraction of sp³-hybridized carbons (Fsp3) is 0.500. The van der Waals surface area contributed by atoms with Gasteiger partial charge in [-0.3, -0.25) is 29.3 Å². The third-order valence-corrected chi connectivity index (χ3v) is 2.27. The predicted molar refractivity (Wildman–Crippen MR) is 63.8 cm³/mol. The van der Waals surface area contributed by atoms with Crippen molar-refractivity contribution in [3.05, 3.63) is 37.1 Å². The topological polar surface area (TPSA) is 124 Å². The van der Waals surface area contributed by atoms with Crippen LogP contribution in [0, 0.1) is 10.1 Å². The van der Waals surface area contributed by atoms with Crippen LogP contribution in [0.15, 0.2) is 15.8 Å². The van der Waals surface area contributed by atoms with Gasteiger partial charge < -0.3 is 4.74 Å². The van der Waals surface area contributed by atoms with E-state index in [4.69, 9.17) is 4.74 Å². The van der Waals surface area contributed by atoms with Gasteiger partial charge >= 0.3 is 22.9 Å². The number of hydrogen-bond donors (Lipinski definition) is 1. The van der Waals surface area contributed by atoms with Gasteiger partial charge in [0.2, 0.25) is 0 Å². The maximum absolute atomic E-state index is 11.4. The van der Waals surface area contributed by atoms with E-state index >= 15 is 0 Å². The summed E-state index contributed by atoms with van der Waals surface area (Å²) in [4.78, 5) is 45.1. The van der Waals surface area contributed by atoms with Gasteiger partial charge in [-0.05, 0) is 13.3 Å². The Balaban J connectivity index is 2.76. The molecule has 0 fully saturated rings. The SMILES string of the molecule is CCOC(=O)CCCn1cc([N+](=O)[O-])c(=O)[nH]c1=O. The van der Waals surface area contributed by atoms with E-state index in [-0.39, 0.29) is 26.0 Å². The number of nitro groups is 1. The van der Waals surface area contributed by atoms with Crippen molar-refractivity contribution in [2.75, 3.05) is 6.61 Å². The zero-order valence-electron chi connectivity index (χ0n) is 10.2. The van der Waals surface area contributed by atoms with Crippen molar-refractivity contribution in [3.63, 3.8) is 0 Å². The third kappa shape index (κ3) is 4.05. The number of nitrogens with one attached hydrogen (secondary N) is 1. The summed E-state index contributed by atoms with van der Waals surface area (Å²) in [5.74, 6) is -0.408. The van der Waals surface area contributed by atoms with Gasteiger partial charge in [0.25, 0.3) is 0 Å². The molecule has 0 saturated carbocycles. The van der Waals surface area contributed by atoms with Crippen molar-refractivity contribution < 1.29 is 14.5 Å². The lowest BCUT2D eigenvalue weighted by Crippen LogP contribution is -2.31. The van der Waals surface area contributed by atoms with Crippen molar-refractivity contribution in [2.45, 2.75) is 26.3 Å². The number of aryl methyl sites for hydroxylation is 1. The molecule has 0 unspecified atom stereocenters. The standard InChI is InChI=1S/C10H13N3O6/c1-2-19-8(14)4-3-5-12-6-7(13(17)18)9(15)11-10(12)16/h6H,2-5H2,1H3,(H,11,15,16). The molecule has 0 aromatic carbocycles. The first-order valence-electron chi connectivity index (χ1n) is 5.59. The van der Waals surface area contributed by atoms with Crippen molar-refractivity contribution in [1.82, 2.24) is 9.55 Å². The maximum Gasteiger partial charge on any atom is 0.350 e. The molecule has 104 valence electrons. The van der Waals surface area contributed by atoms with Crippen LogP contribution in [0.25, 0.3) is 0 Å². The van der Waals surface area contributed by atoms with Gasteiger partial charge in [0.1, 0.15) is 0 Å². The molecule has 0 amide bonds. The monoisotopic (exact) mass is 271 g/mol. The summed E-state index contributed by atoms with van der Waals surface area (Å²) < 4.78 is 5.68. The molecule has 1 aromatic heterocycles. The van der Waals surface area contributed by atoms with E-state index in [2.05, 4.69) is 0 Å². The van der Waals surface area contributed by atoms with Crippen LogP contribution >= 0.6 is 0 Å². The van der Waals surface area contributed by atoms with Crippen molar-refractivity contribution in [3.8, 4) is 0 Å². The van der Waals surface area contributed by atoms with E-state index in [0.29, 0.717) is 0 Å². The number of aromatic nitrogens is 2. The average molecular weight is 271 g/mol. The van der Waals surface area contributed by atoms with Gasteiger partial charge in [0.15, 0.2) is 0 Å². The molecule has 0 radical (unpaired) electrons. The Morgan fingerprint density at radius 1 is 1.53 bits per heavy atom. The summed E-state index contributed by atoms with van der Waals surface area (Å²) in [5.41, 5.74) is -2.51. The number of H-pyrrole nitrogens is 1. The highest BCUT2D eigenvalue weighted by molar-refractivity contribution is 5.69.